The highest BCUT2D eigenvalue weighted by atomic mass is 32.2. The summed E-state index contributed by atoms with van der Waals surface area (Å²) >= 11 is 1.43. The molecule has 0 aliphatic carbocycles. The van der Waals surface area contributed by atoms with Crippen LogP contribution >= 0.6 is 11.9 Å². The number of benzene rings is 1. The first-order valence-corrected chi connectivity index (χ1v) is 15.0. The molecule has 1 aromatic rings. The molecular formula is C29H47N3O10S. The highest BCUT2D eigenvalue weighted by molar-refractivity contribution is 8.00. The molecule has 13 nitrogen and oxygen atoms in total. The number of aldehydes is 1. The summed E-state index contributed by atoms with van der Waals surface area (Å²) in [5.41, 5.74) is 0.956. The van der Waals surface area contributed by atoms with Crippen LogP contribution in [0.1, 0.15) is 64.9 Å². The standard InChI is InChI=1S/C25H37N3O9S.C2H4O.C2H6/c1-3-38-27-11-6-4-5-7-21(30)26-12-10-22(31)28-17-13-16(15-35-2)8-9-19(17)36-25-23(32)18(29)14-20(37-25)24(33)34;1-2-3;1-2/h3,8-9,13,18,20,23,25,27,29,32H,1,4-7,10-12,14-15H2,2H3,(H,26,30)(H,28,31)(H,33,34);2H,1H3;1-2H3/t18?,20?,23-,25?;;/m1../s1. The molecular weight excluding hydrogens is 582 g/mol. The molecule has 0 radical (unpaired) electrons. The number of aliphatic carboxylic acids is 1. The average molecular weight is 630 g/mol. The van der Waals surface area contributed by atoms with Gasteiger partial charge in [0.2, 0.25) is 18.1 Å². The van der Waals surface area contributed by atoms with E-state index in [0.29, 0.717) is 6.42 Å². The lowest BCUT2D eigenvalue weighted by Crippen LogP contribution is -2.52. The Kier molecular flexibility index (Phi) is 22.7. The predicted octanol–water partition coefficient (Wildman–Crippen LogP) is 2.75. The molecule has 43 heavy (non-hydrogen) atoms. The molecule has 1 saturated heterocycles. The first-order chi connectivity index (χ1) is 20.7. The van der Waals surface area contributed by atoms with Crippen molar-refractivity contribution in [2.75, 3.05) is 25.5 Å². The maximum atomic E-state index is 12.6. The van der Waals surface area contributed by atoms with Gasteiger partial charge in [-0.1, -0.05) is 44.9 Å². The van der Waals surface area contributed by atoms with Crippen molar-refractivity contribution in [2.24, 2.45) is 0 Å². The normalized spacial score (nSPS) is 18.9. The summed E-state index contributed by atoms with van der Waals surface area (Å²) in [5.74, 6) is -1.72. The monoisotopic (exact) mass is 629 g/mol. The van der Waals surface area contributed by atoms with Gasteiger partial charge in [0.1, 0.15) is 18.1 Å². The van der Waals surface area contributed by atoms with Gasteiger partial charge in [0.25, 0.3) is 0 Å². The number of amides is 2. The molecule has 3 unspecified atom stereocenters. The Morgan fingerprint density at radius 3 is 2.44 bits per heavy atom. The van der Waals surface area contributed by atoms with Crippen LogP contribution in [0.4, 0.5) is 5.69 Å². The molecule has 1 aromatic carbocycles. The van der Waals surface area contributed by atoms with E-state index in [1.807, 2.05) is 13.8 Å². The van der Waals surface area contributed by atoms with E-state index in [2.05, 4.69) is 21.9 Å². The number of anilines is 1. The van der Waals surface area contributed by atoms with Crippen molar-refractivity contribution >= 4 is 41.7 Å². The van der Waals surface area contributed by atoms with Crippen molar-refractivity contribution in [3.05, 3.63) is 35.7 Å². The van der Waals surface area contributed by atoms with Gasteiger partial charge in [-0.25, -0.2) is 4.79 Å². The zero-order valence-electron chi connectivity index (χ0n) is 25.4. The van der Waals surface area contributed by atoms with Gasteiger partial charge in [-0.15, -0.1) is 0 Å². The maximum Gasteiger partial charge on any atom is 0.333 e. The first kappa shape index (κ1) is 40.0. The van der Waals surface area contributed by atoms with Gasteiger partial charge in [0.05, 0.1) is 18.4 Å². The van der Waals surface area contributed by atoms with Crippen LogP contribution in [-0.2, 0) is 35.3 Å². The molecule has 1 fully saturated rings. The van der Waals surface area contributed by atoms with Crippen LogP contribution in [0, 0.1) is 0 Å². The quantitative estimate of drug-likeness (QED) is 0.0840. The van der Waals surface area contributed by atoms with E-state index in [1.54, 1.807) is 17.5 Å². The zero-order valence-corrected chi connectivity index (χ0v) is 26.2. The van der Waals surface area contributed by atoms with Crippen molar-refractivity contribution in [3.8, 4) is 5.75 Å². The second kappa shape index (κ2) is 24.4. The molecule has 0 aromatic heterocycles. The Labute approximate surface area is 257 Å². The predicted molar refractivity (Wildman–Crippen MR) is 164 cm³/mol. The Bertz CT molecular complexity index is 982. The van der Waals surface area contributed by atoms with E-state index in [9.17, 15) is 29.7 Å². The van der Waals surface area contributed by atoms with Crippen molar-refractivity contribution < 1.29 is 48.7 Å². The Hall–Kier alpha value is -3.01. The Morgan fingerprint density at radius 2 is 1.81 bits per heavy atom. The summed E-state index contributed by atoms with van der Waals surface area (Å²) in [6, 6.07) is 4.80. The van der Waals surface area contributed by atoms with Crippen molar-refractivity contribution in [2.45, 2.75) is 90.5 Å². The minimum Gasteiger partial charge on any atom is -0.479 e. The number of unbranched alkanes of at least 4 members (excludes halogenated alkanes) is 2. The summed E-state index contributed by atoms with van der Waals surface area (Å²) < 4.78 is 19.2. The summed E-state index contributed by atoms with van der Waals surface area (Å²) in [7, 11) is 1.52. The van der Waals surface area contributed by atoms with Crippen molar-refractivity contribution in [1.29, 1.82) is 0 Å². The van der Waals surface area contributed by atoms with Gasteiger partial charge >= 0.3 is 5.97 Å². The van der Waals surface area contributed by atoms with Gasteiger partial charge in [-0.3, -0.25) is 14.3 Å². The fourth-order valence-electron chi connectivity index (χ4n) is 3.65. The number of hydrogen-bond donors (Lipinski definition) is 6. The second-order valence-electron chi connectivity index (χ2n) is 8.88. The fraction of sp³-hybridized carbons (Fsp3) is 0.586. The van der Waals surface area contributed by atoms with Crippen LogP contribution in [0.15, 0.2) is 30.2 Å². The molecule has 0 bridgehead atoms. The maximum absolute atomic E-state index is 12.6. The van der Waals surface area contributed by atoms with Crippen LogP contribution in [0.2, 0.25) is 0 Å². The third-order valence-corrected chi connectivity index (χ3v) is 6.14. The van der Waals surface area contributed by atoms with E-state index in [4.69, 9.17) is 19.0 Å². The molecule has 1 heterocycles. The molecule has 4 atom stereocenters. The number of aliphatic hydroxyl groups is 2. The highest BCUT2D eigenvalue weighted by Gasteiger charge is 2.41. The Balaban J connectivity index is 0.00000331. The van der Waals surface area contributed by atoms with E-state index < -0.39 is 36.5 Å². The number of ether oxygens (including phenoxy) is 3. The van der Waals surface area contributed by atoms with Gasteiger partial charge in [-0.2, -0.15) is 0 Å². The number of aliphatic hydroxyl groups excluding tert-OH is 2. The molecule has 14 heteroatoms. The van der Waals surface area contributed by atoms with Crippen molar-refractivity contribution in [1.82, 2.24) is 10.0 Å². The van der Waals surface area contributed by atoms with Gasteiger partial charge < -0.3 is 45.0 Å². The summed E-state index contributed by atoms with van der Waals surface area (Å²) in [5, 5.41) is 36.7. The highest BCUT2D eigenvalue weighted by Crippen LogP contribution is 2.31. The molecule has 244 valence electrons. The minimum absolute atomic E-state index is 0.00470. The molecule has 2 amide bonds. The smallest absolute Gasteiger partial charge is 0.333 e. The van der Waals surface area contributed by atoms with Gasteiger partial charge in [-0.05, 0) is 42.9 Å². The molecule has 6 N–H and O–H groups in total. The largest absolute Gasteiger partial charge is 0.479 e. The molecule has 1 aliphatic heterocycles. The molecule has 0 spiro atoms. The van der Waals surface area contributed by atoms with E-state index in [1.165, 1.54) is 32.0 Å². The van der Waals surface area contributed by atoms with Gasteiger partial charge in [0.15, 0.2) is 6.10 Å². The lowest BCUT2D eigenvalue weighted by Gasteiger charge is -2.35. The fourth-order valence-corrected chi connectivity index (χ4v) is 4.03. The minimum atomic E-state index is -1.50. The van der Waals surface area contributed by atoms with E-state index in [-0.39, 0.29) is 43.3 Å². The molecule has 1 aliphatic rings. The third-order valence-electron chi connectivity index (χ3n) is 5.60. The number of carboxylic acid groups (broad SMARTS) is 1. The van der Waals surface area contributed by atoms with Crippen LogP contribution in [-0.4, -0.2) is 84.2 Å². The number of methoxy groups -OCH3 is 1. The summed E-state index contributed by atoms with van der Waals surface area (Å²) in [6.45, 7) is 10.3. The summed E-state index contributed by atoms with van der Waals surface area (Å²) in [6.07, 6.45) is -2.25. The lowest BCUT2D eigenvalue weighted by molar-refractivity contribution is -0.238. The van der Waals surface area contributed by atoms with Crippen molar-refractivity contribution in [3.63, 3.8) is 0 Å². The SMILES string of the molecule is C=CSNCCCCCC(=O)NCCC(=O)Nc1cc(COC)ccc1OC1OC(C(=O)O)CC(O)[C@H]1O.CC.CC=O. The molecule has 2 rings (SSSR count). The molecule has 0 saturated carbocycles. The number of carbonyl (C=O) groups is 4. The Morgan fingerprint density at radius 1 is 1.12 bits per heavy atom. The number of carboxylic acids is 1. The van der Waals surface area contributed by atoms with Crippen LogP contribution in [0.3, 0.4) is 0 Å². The number of hydrogen-bond acceptors (Lipinski definition) is 11. The van der Waals surface area contributed by atoms with Crippen LogP contribution in [0.5, 0.6) is 5.75 Å². The topological polar surface area (TPSA) is 193 Å². The summed E-state index contributed by atoms with van der Waals surface area (Å²) in [4.78, 5) is 44.7. The van der Waals surface area contributed by atoms with Crippen LogP contribution < -0.4 is 20.1 Å². The first-order valence-electron chi connectivity index (χ1n) is 14.1. The number of carbonyl (C=O) groups excluding carboxylic acids is 3. The van der Waals surface area contributed by atoms with Crippen LogP contribution in [0.25, 0.3) is 0 Å². The van der Waals surface area contributed by atoms with Gasteiger partial charge in [0, 0.05) is 39.5 Å². The second-order valence-corrected chi connectivity index (χ2v) is 9.74. The average Bonchev–Trinajstić information content (AvgIpc) is 2.97. The lowest BCUT2D eigenvalue weighted by atomic mass is 10.0. The third kappa shape index (κ3) is 17.0. The number of rotatable bonds is 17. The van der Waals surface area contributed by atoms with E-state index >= 15 is 0 Å². The zero-order chi connectivity index (χ0) is 32.6. The van der Waals surface area contributed by atoms with E-state index in [0.717, 1.165) is 37.7 Å². The number of nitrogens with one attached hydrogen (secondary N) is 3.